The standard InChI is InChI=1S/C11H15ClN2O2/c1-2-3-4-7-13-9-5-6-10(12)11(8-9)14(15)16/h5-6,8,13H,2-4,7H2,1H3. The lowest BCUT2D eigenvalue weighted by atomic mass is 10.2. The van der Waals surface area contributed by atoms with E-state index in [9.17, 15) is 10.1 Å². The van der Waals surface area contributed by atoms with Crippen LogP contribution < -0.4 is 5.32 Å². The highest BCUT2D eigenvalue weighted by Gasteiger charge is 2.12. The van der Waals surface area contributed by atoms with Crippen molar-refractivity contribution in [1.29, 1.82) is 0 Å². The predicted molar refractivity (Wildman–Crippen MR) is 66.1 cm³/mol. The summed E-state index contributed by atoms with van der Waals surface area (Å²) in [5.74, 6) is 0. The Hall–Kier alpha value is -1.29. The van der Waals surface area contributed by atoms with E-state index in [1.165, 1.54) is 6.07 Å². The fourth-order valence-electron chi connectivity index (χ4n) is 1.37. The molecule has 0 spiro atoms. The first-order valence-corrected chi connectivity index (χ1v) is 5.70. The van der Waals surface area contributed by atoms with Crippen molar-refractivity contribution < 1.29 is 4.92 Å². The number of nitro groups is 1. The maximum atomic E-state index is 10.6. The molecule has 0 atom stereocenters. The van der Waals surface area contributed by atoms with E-state index in [2.05, 4.69) is 12.2 Å². The van der Waals surface area contributed by atoms with Gasteiger partial charge in [-0.15, -0.1) is 0 Å². The molecule has 88 valence electrons. The third kappa shape index (κ3) is 3.70. The molecule has 0 aromatic heterocycles. The van der Waals surface area contributed by atoms with Crippen LogP contribution in [0.1, 0.15) is 26.2 Å². The maximum absolute atomic E-state index is 10.6. The van der Waals surface area contributed by atoms with Crippen LogP contribution in [0.2, 0.25) is 5.02 Å². The van der Waals surface area contributed by atoms with Crippen LogP contribution in [-0.4, -0.2) is 11.5 Å². The minimum absolute atomic E-state index is 0.0536. The monoisotopic (exact) mass is 242 g/mol. The van der Waals surface area contributed by atoms with Crippen LogP contribution in [0.4, 0.5) is 11.4 Å². The molecule has 16 heavy (non-hydrogen) atoms. The highest BCUT2D eigenvalue weighted by atomic mass is 35.5. The normalized spacial score (nSPS) is 10.1. The number of halogens is 1. The van der Waals surface area contributed by atoms with E-state index < -0.39 is 4.92 Å². The topological polar surface area (TPSA) is 55.2 Å². The number of hydrogen-bond donors (Lipinski definition) is 1. The predicted octanol–water partition coefficient (Wildman–Crippen LogP) is 3.85. The fourth-order valence-corrected chi connectivity index (χ4v) is 1.56. The summed E-state index contributed by atoms with van der Waals surface area (Å²) in [5, 5.41) is 14.0. The third-order valence-corrected chi connectivity index (χ3v) is 2.57. The molecule has 1 rings (SSSR count). The lowest BCUT2D eigenvalue weighted by Gasteiger charge is -2.05. The molecule has 1 aromatic carbocycles. The Labute approximate surface area is 99.8 Å². The van der Waals surface area contributed by atoms with Crippen molar-refractivity contribution >= 4 is 23.0 Å². The summed E-state index contributed by atoms with van der Waals surface area (Å²) in [6, 6.07) is 4.76. The summed E-state index contributed by atoms with van der Waals surface area (Å²) < 4.78 is 0. The second-order valence-corrected chi connectivity index (χ2v) is 3.96. The summed E-state index contributed by atoms with van der Waals surface area (Å²) in [6.45, 7) is 2.96. The van der Waals surface area contributed by atoms with Crippen LogP contribution in [0.15, 0.2) is 18.2 Å². The van der Waals surface area contributed by atoms with Gasteiger partial charge in [-0.3, -0.25) is 10.1 Å². The van der Waals surface area contributed by atoms with Gasteiger partial charge in [0.25, 0.3) is 5.69 Å². The zero-order valence-electron chi connectivity index (χ0n) is 9.20. The third-order valence-electron chi connectivity index (χ3n) is 2.25. The number of nitrogens with one attached hydrogen (secondary N) is 1. The summed E-state index contributed by atoms with van der Waals surface area (Å²) in [5.41, 5.74) is 0.689. The zero-order valence-corrected chi connectivity index (χ0v) is 9.96. The number of anilines is 1. The molecule has 1 N–H and O–H groups in total. The summed E-state index contributed by atoms with van der Waals surface area (Å²) in [7, 11) is 0. The zero-order chi connectivity index (χ0) is 12.0. The number of rotatable bonds is 6. The molecular weight excluding hydrogens is 228 g/mol. The lowest BCUT2D eigenvalue weighted by Crippen LogP contribution is -2.01. The Morgan fingerprint density at radius 2 is 2.19 bits per heavy atom. The first kappa shape index (κ1) is 12.8. The van der Waals surface area contributed by atoms with Crippen LogP contribution in [0, 0.1) is 10.1 Å². The molecule has 5 heteroatoms. The molecule has 0 bridgehead atoms. The van der Waals surface area contributed by atoms with E-state index in [-0.39, 0.29) is 10.7 Å². The molecule has 0 saturated carbocycles. The van der Waals surface area contributed by atoms with Gasteiger partial charge in [-0.05, 0) is 18.6 Å². The molecule has 0 unspecified atom stereocenters. The van der Waals surface area contributed by atoms with E-state index in [0.29, 0.717) is 0 Å². The van der Waals surface area contributed by atoms with Crippen LogP contribution in [0.3, 0.4) is 0 Å². The minimum Gasteiger partial charge on any atom is -0.385 e. The lowest BCUT2D eigenvalue weighted by molar-refractivity contribution is -0.384. The molecule has 0 aliphatic carbocycles. The van der Waals surface area contributed by atoms with Gasteiger partial charge in [0, 0.05) is 18.3 Å². The van der Waals surface area contributed by atoms with Gasteiger partial charge in [-0.1, -0.05) is 31.4 Å². The number of benzene rings is 1. The van der Waals surface area contributed by atoms with Crippen LogP contribution in [0.25, 0.3) is 0 Å². The fraction of sp³-hybridized carbons (Fsp3) is 0.455. The summed E-state index contributed by atoms with van der Waals surface area (Å²) in [4.78, 5) is 10.2. The van der Waals surface area contributed by atoms with Crippen molar-refractivity contribution in [3.63, 3.8) is 0 Å². The van der Waals surface area contributed by atoms with Crippen LogP contribution >= 0.6 is 11.6 Å². The van der Waals surface area contributed by atoms with Gasteiger partial charge in [0.2, 0.25) is 0 Å². The second kappa shape index (κ2) is 6.33. The average molecular weight is 243 g/mol. The van der Waals surface area contributed by atoms with Crippen molar-refractivity contribution in [1.82, 2.24) is 0 Å². The van der Waals surface area contributed by atoms with E-state index in [1.807, 2.05) is 0 Å². The Morgan fingerprint density at radius 1 is 1.44 bits per heavy atom. The van der Waals surface area contributed by atoms with Crippen LogP contribution in [0.5, 0.6) is 0 Å². The SMILES string of the molecule is CCCCCNc1ccc(Cl)c([N+](=O)[O-])c1. The number of nitrogens with zero attached hydrogens (tertiary/aromatic N) is 1. The van der Waals surface area contributed by atoms with Gasteiger partial charge in [0.05, 0.1) is 4.92 Å². The maximum Gasteiger partial charge on any atom is 0.289 e. The van der Waals surface area contributed by atoms with E-state index in [1.54, 1.807) is 12.1 Å². The highest BCUT2D eigenvalue weighted by Crippen LogP contribution is 2.27. The summed E-state index contributed by atoms with van der Waals surface area (Å²) in [6.07, 6.45) is 3.37. The first-order valence-electron chi connectivity index (χ1n) is 5.33. The molecule has 0 fully saturated rings. The van der Waals surface area contributed by atoms with E-state index in [4.69, 9.17) is 11.6 Å². The molecule has 1 aromatic rings. The van der Waals surface area contributed by atoms with Crippen molar-refractivity contribution in [3.05, 3.63) is 33.3 Å². The van der Waals surface area contributed by atoms with Gasteiger partial charge in [0.15, 0.2) is 0 Å². The molecule has 0 radical (unpaired) electrons. The van der Waals surface area contributed by atoms with Crippen molar-refractivity contribution in [3.8, 4) is 0 Å². The molecule has 0 amide bonds. The molecule has 4 nitrogen and oxygen atoms in total. The van der Waals surface area contributed by atoms with Crippen molar-refractivity contribution in [2.24, 2.45) is 0 Å². The second-order valence-electron chi connectivity index (χ2n) is 3.56. The van der Waals surface area contributed by atoms with E-state index >= 15 is 0 Å². The Balaban J connectivity index is 2.61. The van der Waals surface area contributed by atoms with E-state index in [0.717, 1.165) is 31.5 Å². The number of hydrogen-bond acceptors (Lipinski definition) is 3. The van der Waals surface area contributed by atoms with Gasteiger partial charge in [0.1, 0.15) is 5.02 Å². The smallest absolute Gasteiger partial charge is 0.289 e. The van der Waals surface area contributed by atoms with Gasteiger partial charge < -0.3 is 5.32 Å². The molecule has 0 aliphatic heterocycles. The molecule has 0 heterocycles. The first-order chi connectivity index (χ1) is 7.65. The minimum atomic E-state index is -0.473. The Bertz CT molecular complexity index is 369. The van der Waals surface area contributed by atoms with Crippen molar-refractivity contribution in [2.75, 3.05) is 11.9 Å². The van der Waals surface area contributed by atoms with Gasteiger partial charge in [-0.2, -0.15) is 0 Å². The average Bonchev–Trinajstić information content (AvgIpc) is 2.26. The Morgan fingerprint density at radius 3 is 2.81 bits per heavy atom. The summed E-state index contributed by atoms with van der Waals surface area (Å²) >= 11 is 5.71. The molecular formula is C11H15ClN2O2. The van der Waals surface area contributed by atoms with Gasteiger partial charge in [-0.25, -0.2) is 0 Å². The number of unbranched alkanes of at least 4 members (excludes halogenated alkanes) is 2. The van der Waals surface area contributed by atoms with Crippen LogP contribution in [-0.2, 0) is 0 Å². The molecule has 0 saturated heterocycles. The van der Waals surface area contributed by atoms with Crippen molar-refractivity contribution in [2.45, 2.75) is 26.2 Å². The largest absolute Gasteiger partial charge is 0.385 e. The molecule has 0 aliphatic rings. The van der Waals surface area contributed by atoms with Gasteiger partial charge >= 0.3 is 0 Å². The quantitative estimate of drug-likeness (QED) is 0.468. The number of nitro benzene ring substituents is 1. The highest BCUT2D eigenvalue weighted by molar-refractivity contribution is 6.32. The Kier molecular flexibility index (Phi) is 5.05.